The Bertz CT molecular complexity index is 2650. The van der Waals surface area contributed by atoms with Crippen LogP contribution in [0.4, 0.5) is 0 Å². The molecular weight excluding hydrogens is 591 g/mol. The van der Waals surface area contributed by atoms with Gasteiger partial charge < -0.3 is 9.05 Å². The van der Waals surface area contributed by atoms with E-state index < -0.39 is 0 Å². The minimum Gasteiger partial charge on any atom is -0.375 e. The fourth-order valence-corrected chi connectivity index (χ4v) is 8.51. The molecule has 1 aliphatic rings. The fourth-order valence-electron chi connectivity index (χ4n) is 8.51. The molecule has 0 aliphatic carbocycles. The molecule has 0 spiro atoms. The number of benzene rings is 7. The monoisotopic (exact) mass is 626 g/mol. The topological polar surface area (TPSA) is 9.86 Å². The second kappa shape index (κ2) is 10.4. The van der Waals surface area contributed by atoms with Gasteiger partial charge >= 0.3 is 6.85 Å². The van der Waals surface area contributed by atoms with Gasteiger partial charge in [0.25, 0.3) is 0 Å². The fraction of sp³-hybridized carbons (Fsp3) is 0.0870. The van der Waals surface area contributed by atoms with E-state index in [2.05, 4.69) is 188 Å². The van der Waals surface area contributed by atoms with E-state index in [-0.39, 0.29) is 12.3 Å². The van der Waals surface area contributed by atoms with Crippen LogP contribution in [0.15, 0.2) is 158 Å². The highest BCUT2D eigenvalue weighted by Gasteiger charge is 2.37. The number of hydrogen-bond acceptors (Lipinski definition) is 0. The number of nitrogens with zero attached hydrogens (tertiary/aromatic N) is 2. The van der Waals surface area contributed by atoms with Crippen LogP contribution < -0.4 is 10.9 Å². The van der Waals surface area contributed by atoms with Crippen LogP contribution in [0, 0.1) is 0 Å². The van der Waals surface area contributed by atoms with Crippen LogP contribution >= 0.6 is 0 Å². The van der Waals surface area contributed by atoms with E-state index in [9.17, 15) is 0 Å². The molecule has 49 heavy (non-hydrogen) atoms. The van der Waals surface area contributed by atoms with E-state index in [1.807, 2.05) is 0 Å². The van der Waals surface area contributed by atoms with E-state index in [4.69, 9.17) is 0 Å². The standard InChI is InChI=1S/C46H35BN2/c1-46(2,3)32-27-28-35-36-23-14-25-40-45(36)48(42(35)29-32)41-26-11-10-24-39(41)47(40)49-43-33(30-15-6-4-7-16-30)19-12-21-37(43)38-22-13-20-34(44(38)49)31-17-8-5-9-18-31/h4-29H,1-3H3. The van der Waals surface area contributed by atoms with Crippen LogP contribution in [-0.2, 0) is 5.41 Å². The molecule has 0 bridgehead atoms. The Hall–Kier alpha value is -5.80. The minimum absolute atomic E-state index is 0.0477. The predicted molar refractivity (Wildman–Crippen MR) is 210 cm³/mol. The van der Waals surface area contributed by atoms with Crippen molar-refractivity contribution in [1.29, 1.82) is 0 Å². The quantitative estimate of drug-likeness (QED) is 0.173. The number of hydrogen-bond donors (Lipinski definition) is 0. The molecule has 0 N–H and O–H groups in total. The summed E-state index contributed by atoms with van der Waals surface area (Å²) < 4.78 is 5.23. The molecule has 0 saturated heterocycles. The summed E-state index contributed by atoms with van der Waals surface area (Å²) in [5, 5.41) is 5.16. The zero-order valence-corrected chi connectivity index (χ0v) is 28.0. The Morgan fingerprint density at radius 1 is 0.449 bits per heavy atom. The normalized spacial score (nSPS) is 12.8. The summed E-state index contributed by atoms with van der Waals surface area (Å²) >= 11 is 0. The van der Waals surface area contributed by atoms with Crippen LogP contribution in [0.3, 0.4) is 0 Å². The van der Waals surface area contributed by atoms with Gasteiger partial charge in [0.05, 0.1) is 11.0 Å². The van der Waals surface area contributed by atoms with Crippen molar-refractivity contribution in [3.63, 3.8) is 0 Å². The van der Waals surface area contributed by atoms with Crippen molar-refractivity contribution in [3.05, 3.63) is 163 Å². The first-order valence-corrected chi connectivity index (χ1v) is 17.3. The lowest BCUT2D eigenvalue weighted by Gasteiger charge is -2.29. The number of aromatic nitrogens is 2. The van der Waals surface area contributed by atoms with Crippen LogP contribution in [0.1, 0.15) is 26.3 Å². The Morgan fingerprint density at radius 2 is 0.980 bits per heavy atom. The Kier molecular flexibility index (Phi) is 5.96. The van der Waals surface area contributed by atoms with Crippen molar-refractivity contribution < 1.29 is 0 Å². The third-order valence-corrected chi connectivity index (χ3v) is 10.7. The van der Waals surface area contributed by atoms with Gasteiger partial charge in [-0.05, 0) is 45.2 Å². The van der Waals surface area contributed by atoms with Crippen LogP contribution in [0.5, 0.6) is 0 Å². The lowest BCUT2D eigenvalue weighted by molar-refractivity contribution is 0.591. The van der Waals surface area contributed by atoms with Gasteiger partial charge in [0.15, 0.2) is 0 Å². The number of rotatable bonds is 3. The van der Waals surface area contributed by atoms with Gasteiger partial charge in [0.1, 0.15) is 0 Å². The van der Waals surface area contributed by atoms with Gasteiger partial charge in [-0.1, -0.05) is 166 Å². The van der Waals surface area contributed by atoms with Gasteiger partial charge in [-0.2, -0.15) is 0 Å². The molecule has 10 rings (SSSR count). The molecule has 0 radical (unpaired) electrons. The zero-order chi connectivity index (χ0) is 32.9. The Labute approximate surface area is 287 Å². The third-order valence-electron chi connectivity index (χ3n) is 10.7. The summed E-state index contributed by atoms with van der Waals surface area (Å²) in [5.41, 5.74) is 15.4. The second-order valence-corrected chi connectivity index (χ2v) is 14.5. The zero-order valence-electron chi connectivity index (χ0n) is 28.0. The van der Waals surface area contributed by atoms with Gasteiger partial charge in [-0.25, -0.2) is 0 Å². The van der Waals surface area contributed by atoms with Crippen molar-refractivity contribution in [3.8, 4) is 27.9 Å². The predicted octanol–water partition coefficient (Wildman–Crippen LogP) is 10.5. The van der Waals surface area contributed by atoms with E-state index >= 15 is 0 Å². The lowest BCUT2D eigenvalue weighted by atomic mass is 9.48. The van der Waals surface area contributed by atoms with Gasteiger partial charge in [0, 0.05) is 49.4 Å². The number of fused-ring (bicyclic) bond motifs is 8. The van der Waals surface area contributed by atoms with Crippen molar-refractivity contribution in [2.24, 2.45) is 0 Å². The summed E-state index contributed by atoms with van der Waals surface area (Å²) in [6.07, 6.45) is 0. The van der Waals surface area contributed by atoms with Gasteiger partial charge in [0.2, 0.25) is 0 Å². The van der Waals surface area contributed by atoms with E-state index in [0.29, 0.717) is 0 Å². The maximum Gasteiger partial charge on any atom is 0.332 e. The average Bonchev–Trinajstić information content (AvgIpc) is 3.66. The molecule has 232 valence electrons. The molecule has 0 unspecified atom stereocenters. The first kappa shape index (κ1) is 28.2. The molecular formula is C46H35BN2. The minimum atomic E-state index is -0.0477. The molecule has 2 aromatic heterocycles. The smallest absolute Gasteiger partial charge is 0.332 e. The Balaban J connectivity index is 1.41. The van der Waals surface area contributed by atoms with Crippen LogP contribution in [0.2, 0.25) is 0 Å². The van der Waals surface area contributed by atoms with Crippen molar-refractivity contribution >= 4 is 61.4 Å². The molecule has 3 heterocycles. The van der Waals surface area contributed by atoms with Crippen molar-refractivity contribution in [2.75, 3.05) is 0 Å². The van der Waals surface area contributed by atoms with E-state index in [1.54, 1.807) is 0 Å². The molecule has 0 saturated carbocycles. The molecule has 2 nitrogen and oxygen atoms in total. The molecule has 0 atom stereocenters. The van der Waals surface area contributed by atoms with Crippen molar-refractivity contribution in [2.45, 2.75) is 26.2 Å². The van der Waals surface area contributed by atoms with Crippen LogP contribution in [0.25, 0.3) is 71.6 Å². The molecule has 1 aliphatic heterocycles. The number of para-hydroxylation sites is 4. The summed E-state index contributed by atoms with van der Waals surface area (Å²) in [7, 11) is 0. The SMILES string of the molecule is CC(C)(C)c1ccc2c3cccc4c3n(c2c1)-c1ccccc1B4n1c2c(-c3ccccc3)cccc2c2cccc(-c3ccccc3)c21. The van der Waals surface area contributed by atoms with Gasteiger partial charge in [-0.15, -0.1) is 0 Å². The summed E-state index contributed by atoms with van der Waals surface area (Å²) in [6.45, 7) is 6.87. The second-order valence-electron chi connectivity index (χ2n) is 14.5. The summed E-state index contributed by atoms with van der Waals surface area (Å²) in [5.74, 6) is 0. The summed E-state index contributed by atoms with van der Waals surface area (Å²) in [4.78, 5) is 0. The largest absolute Gasteiger partial charge is 0.375 e. The molecule has 0 fully saturated rings. The maximum absolute atomic E-state index is 2.69. The maximum atomic E-state index is 2.69. The molecule has 7 aromatic carbocycles. The third kappa shape index (κ3) is 4.02. The molecule has 0 amide bonds. The van der Waals surface area contributed by atoms with Gasteiger partial charge in [-0.3, -0.25) is 0 Å². The highest BCUT2D eigenvalue weighted by atomic mass is 15.0. The Morgan fingerprint density at radius 3 is 1.59 bits per heavy atom. The summed E-state index contributed by atoms with van der Waals surface area (Å²) in [6, 6.07) is 58.6. The van der Waals surface area contributed by atoms with Crippen molar-refractivity contribution in [1.82, 2.24) is 9.05 Å². The lowest BCUT2D eigenvalue weighted by Crippen LogP contribution is -2.53. The average molecular weight is 627 g/mol. The first-order chi connectivity index (χ1) is 24.0. The highest BCUT2D eigenvalue weighted by molar-refractivity contribution is 6.88. The van der Waals surface area contributed by atoms with E-state index in [1.165, 1.54) is 88.0 Å². The molecule has 3 heteroatoms. The molecule has 9 aromatic rings. The van der Waals surface area contributed by atoms with Crippen LogP contribution in [-0.4, -0.2) is 15.9 Å². The van der Waals surface area contributed by atoms with E-state index in [0.717, 1.165) is 0 Å². The first-order valence-electron chi connectivity index (χ1n) is 17.3. The highest BCUT2D eigenvalue weighted by Crippen LogP contribution is 2.42.